The highest BCUT2D eigenvalue weighted by Crippen LogP contribution is 2.32. The van der Waals surface area contributed by atoms with Crippen molar-refractivity contribution in [3.05, 3.63) is 28.3 Å². The lowest BCUT2D eigenvalue weighted by atomic mass is 10.0. The van der Waals surface area contributed by atoms with Crippen LogP contribution in [0.5, 0.6) is 0 Å². The molecule has 1 aromatic carbocycles. The van der Waals surface area contributed by atoms with Crippen LogP contribution < -0.4 is 10.6 Å². The van der Waals surface area contributed by atoms with E-state index in [-0.39, 0.29) is 16.1 Å². The average molecular weight is 266 g/mol. The van der Waals surface area contributed by atoms with Crippen LogP contribution in [0.15, 0.2) is 18.2 Å². The third-order valence-corrected chi connectivity index (χ3v) is 3.41. The zero-order valence-electron chi connectivity index (χ0n) is 12.2. The molecule has 0 heterocycles. The van der Waals surface area contributed by atoms with Crippen molar-refractivity contribution < 1.29 is 4.92 Å². The quantitative estimate of drug-likeness (QED) is 0.611. The highest BCUT2D eigenvalue weighted by Gasteiger charge is 2.23. The molecule has 2 N–H and O–H groups in total. The van der Waals surface area contributed by atoms with E-state index in [1.54, 1.807) is 25.2 Å². The molecule has 0 unspecified atom stereocenters. The Hall–Kier alpha value is -1.82. The molecule has 0 atom stereocenters. The Labute approximate surface area is 113 Å². The summed E-state index contributed by atoms with van der Waals surface area (Å²) in [5.41, 5.74) is 1.03. The van der Waals surface area contributed by atoms with Crippen LogP contribution in [0.4, 0.5) is 17.1 Å². The van der Waals surface area contributed by atoms with Crippen LogP contribution >= 0.6 is 0 Å². The molecule has 0 aliphatic carbocycles. The summed E-state index contributed by atoms with van der Waals surface area (Å²) in [7, 11) is 5.65. The number of rotatable bonds is 6. The van der Waals surface area contributed by atoms with Crippen LogP contribution in [0, 0.1) is 10.1 Å². The number of hydrogen-bond acceptors (Lipinski definition) is 5. The minimum Gasteiger partial charge on any atom is -0.382 e. The molecule has 0 radical (unpaired) electrons. The number of nitrogens with zero attached hydrogens (tertiary/aromatic N) is 2. The van der Waals surface area contributed by atoms with Gasteiger partial charge in [-0.2, -0.15) is 0 Å². The Kier molecular flexibility index (Phi) is 4.72. The van der Waals surface area contributed by atoms with Crippen molar-refractivity contribution in [2.24, 2.45) is 0 Å². The second-order valence-electron chi connectivity index (χ2n) is 5.27. The number of nitrogens with one attached hydrogen (secondary N) is 2. The van der Waals surface area contributed by atoms with Gasteiger partial charge in [-0.25, -0.2) is 0 Å². The first-order chi connectivity index (χ1) is 8.79. The normalized spacial score (nSPS) is 11.5. The second-order valence-corrected chi connectivity index (χ2v) is 5.27. The van der Waals surface area contributed by atoms with Crippen LogP contribution in [0.25, 0.3) is 0 Å². The van der Waals surface area contributed by atoms with E-state index in [1.807, 2.05) is 14.1 Å². The van der Waals surface area contributed by atoms with E-state index in [4.69, 9.17) is 0 Å². The number of nitro benzene ring substituents is 1. The van der Waals surface area contributed by atoms with E-state index in [0.29, 0.717) is 17.9 Å². The van der Waals surface area contributed by atoms with E-state index < -0.39 is 0 Å². The molecule has 6 heteroatoms. The Morgan fingerprint density at radius 1 is 1.32 bits per heavy atom. The van der Waals surface area contributed by atoms with E-state index in [0.717, 1.165) is 0 Å². The van der Waals surface area contributed by atoms with Gasteiger partial charge >= 0.3 is 5.69 Å². The molecule has 0 bridgehead atoms. The van der Waals surface area contributed by atoms with Gasteiger partial charge in [-0.15, -0.1) is 0 Å². The van der Waals surface area contributed by atoms with Crippen molar-refractivity contribution in [3.63, 3.8) is 0 Å². The lowest BCUT2D eigenvalue weighted by Gasteiger charge is -2.33. The molecule has 1 rings (SSSR count). The Morgan fingerprint density at radius 2 is 1.89 bits per heavy atom. The lowest BCUT2D eigenvalue weighted by molar-refractivity contribution is -0.383. The SMILES string of the molecule is CNc1cccc(NCC(C)(C)N(C)C)c1[N+](=O)[O-]. The maximum atomic E-state index is 11.2. The molecular weight excluding hydrogens is 244 g/mol. The maximum absolute atomic E-state index is 11.2. The molecule has 0 amide bonds. The average Bonchev–Trinajstić information content (AvgIpc) is 2.35. The molecule has 0 spiro atoms. The van der Waals surface area contributed by atoms with Crippen LogP contribution in [0.2, 0.25) is 0 Å². The molecule has 106 valence electrons. The third kappa shape index (κ3) is 3.57. The van der Waals surface area contributed by atoms with E-state index in [2.05, 4.69) is 29.4 Å². The van der Waals surface area contributed by atoms with Gasteiger partial charge in [0.05, 0.1) is 4.92 Å². The number of benzene rings is 1. The molecule has 0 saturated carbocycles. The van der Waals surface area contributed by atoms with Crippen LogP contribution in [-0.4, -0.2) is 43.0 Å². The number of para-hydroxylation sites is 1. The predicted molar refractivity (Wildman–Crippen MR) is 78.9 cm³/mol. The summed E-state index contributed by atoms with van der Waals surface area (Å²) < 4.78 is 0. The van der Waals surface area contributed by atoms with Crippen molar-refractivity contribution in [2.75, 3.05) is 38.3 Å². The zero-order valence-corrected chi connectivity index (χ0v) is 12.2. The number of hydrogen-bond donors (Lipinski definition) is 2. The number of likely N-dealkylation sites (N-methyl/N-ethyl adjacent to an activating group) is 1. The maximum Gasteiger partial charge on any atom is 0.315 e. The fourth-order valence-electron chi connectivity index (χ4n) is 1.55. The van der Waals surface area contributed by atoms with Gasteiger partial charge in [0.1, 0.15) is 11.4 Å². The van der Waals surface area contributed by atoms with Crippen molar-refractivity contribution in [1.29, 1.82) is 0 Å². The van der Waals surface area contributed by atoms with Crippen LogP contribution in [0.3, 0.4) is 0 Å². The van der Waals surface area contributed by atoms with Gasteiger partial charge in [-0.05, 0) is 40.1 Å². The van der Waals surface area contributed by atoms with Crippen LogP contribution in [0.1, 0.15) is 13.8 Å². The van der Waals surface area contributed by atoms with Crippen molar-refractivity contribution >= 4 is 17.1 Å². The van der Waals surface area contributed by atoms with E-state index >= 15 is 0 Å². The molecular formula is C13H22N4O2. The molecule has 6 nitrogen and oxygen atoms in total. The van der Waals surface area contributed by atoms with Crippen molar-refractivity contribution in [3.8, 4) is 0 Å². The molecule has 0 saturated heterocycles. The molecule has 1 aromatic rings. The summed E-state index contributed by atoms with van der Waals surface area (Å²) in [6.45, 7) is 4.77. The largest absolute Gasteiger partial charge is 0.382 e. The summed E-state index contributed by atoms with van der Waals surface area (Å²) in [5.74, 6) is 0. The Bertz CT molecular complexity index is 458. The van der Waals surface area contributed by atoms with Gasteiger partial charge in [0, 0.05) is 19.1 Å². The molecule has 0 aliphatic heterocycles. The molecule has 19 heavy (non-hydrogen) atoms. The minimum atomic E-state index is -0.364. The Morgan fingerprint density at radius 3 is 2.37 bits per heavy atom. The summed E-state index contributed by atoms with van der Waals surface area (Å²) >= 11 is 0. The predicted octanol–water partition coefficient (Wildman–Crippen LogP) is 2.39. The first-order valence-corrected chi connectivity index (χ1v) is 6.16. The fraction of sp³-hybridized carbons (Fsp3) is 0.538. The first-order valence-electron chi connectivity index (χ1n) is 6.16. The summed E-state index contributed by atoms with van der Waals surface area (Å²) in [5, 5.41) is 17.2. The highest BCUT2D eigenvalue weighted by molar-refractivity contribution is 5.76. The summed E-state index contributed by atoms with van der Waals surface area (Å²) in [6, 6.07) is 5.22. The third-order valence-electron chi connectivity index (χ3n) is 3.41. The molecule has 0 fully saturated rings. The minimum absolute atomic E-state index is 0.0829. The van der Waals surface area contributed by atoms with Gasteiger partial charge in [-0.3, -0.25) is 10.1 Å². The summed E-state index contributed by atoms with van der Waals surface area (Å²) in [6.07, 6.45) is 0. The summed E-state index contributed by atoms with van der Waals surface area (Å²) in [4.78, 5) is 12.9. The smallest absolute Gasteiger partial charge is 0.315 e. The van der Waals surface area contributed by atoms with Gasteiger partial charge < -0.3 is 15.5 Å². The Balaban J connectivity index is 2.99. The standard InChI is InChI=1S/C13H22N4O2/c1-13(2,16(4)5)9-15-11-8-6-7-10(14-3)12(11)17(18)19/h6-8,14-15H,9H2,1-5H3. The van der Waals surface area contributed by atoms with Gasteiger partial charge in [-0.1, -0.05) is 6.07 Å². The van der Waals surface area contributed by atoms with Gasteiger partial charge in [0.15, 0.2) is 0 Å². The first kappa shape index (κ1) is 15.2. The van der Waals surface area contributed by atoms with E-state index in [9.17, 15) is 10.1 Å². The van der Waals surface area contributed by atoms with Crippen molar-refractivity contribution in [2.45, 2.75) is 19.4 Å². The highest BCUT2D eigenvalue weighted by atomic mass is 16.6. The molecule has 0 aromatic heterocycles. The fourth-order valence-corrected chi connectivity index (χ4v) is 1.55. The van der Waals surface area contributed by atoms with Gasteiger partial charge in [0.2, 0.25) is 0 Å². The van der Waals surface area contributed by atoms with Crippen LogP contribution in [-0.2, 0) is 0 Å². The zero-order chi connectivity index (χ0) is 14.6. The second kappa shape index (κ2) is 5.88. The van der Waals surface area contributed by atoms with Crippen molar-refractivity contribution in [1.82, 2.24) is 4.90 Å². The lowest BCUT2D eigenvalue weighted by Crippen LogP contribution is -2.44. The van der Waals surface area contributed by atoms with E-state index in [1.165, 1.54) is 0 Å². The topological polar surface area (TPSA) is 70.4 Å². The number of nitro groups is 1. The van der Waals surface area contributed by atoms with Gasteiger partial charge in [0.25, 0.3) is 0 Å². The number of anilines is 2. The monoisotopic (exact) mass is 266 g/mol. The molecule has 0 aliphatic rings.